The Kier molecular flexibility index (Phi) is 5.44. The van der Waals surface area contributed by atoms with Crippen LogP contribution >= 0.6 is 0 Å². The van der Waals surface area contributed by atoms with Gasteiger partial charge in [0.05, 0.1) is 18.1 Å². The highest BCUT2D eigenvalue weighted by molar-refractivity contribution is 5.91. The molecule has 3 rings (SSSR count). The first kappa shape index (κ1) is 18.8. The van der Waals surface area contributed by atoms with Gasteiger partial charge in [-0.25, -0.2) is 4.79 Å². The van der Waals surface area contributed by atoms with Gasteiger partial charge < -0.3 is 19.8 Å². The van der Waals surface area contributed by atoms with E-state index in [9.17, 15) is 14.4 Å². The number of aryl methyl sites for hydroxylation is 1. The Balaban J connectivity index is 1.63. The summed E-state index contributed by atoms with van der Waals surface area (Å²) in [6, 6.07) is 6.96. The number of hydrogen-bond donors (Lipinski definition) is 2. The summed E-state index contributed by atoms with van der Waals surface area (Å²) in [6.07, 6.45) is 1.76. The standard InChI is InChI=1S/C17H16N6O5/c1-11-19-16(21-28-11)12-3-2-4-14(7-12)22(10-24)6-5-15(25)20-13-8-18-23(9-13)17(26)27/h2-4,7-10H,5-6H2,1H3,(H,20,25)(H,26,27). The maximum atomic E-state index is 12.1. The number of carbonyl (C=O) groups is 3. The summed E-state index contributed by atoms with van der Waals surface area (Å²) < 4.78 is 5.64. The molecular weight excluding hydrogens is 368 g/mol. The zero-order valence-electron chi connectivity index (χ0n) is 14.8. The van der Waals surface area contributed by atoms with Crippen molar-refractivity contribution in [3.05, 3.63) is 42.5 Å². The minimum absolute atomic E-state index is 0.00252. The molecule has 3 aromatic rings. The van der Waals surface area contributed by atoms with E-state index < -0.39 is 6.09 Å². The average molecular weight is 384 g/mol. The third kappa shape index (κ3) is 4.38. The fourth-order valence-electron chi connectivity index (χ4n) is 2.42. The van der Waals surface area contributed by atoms with E-state index in [4.69, 9.17) is 9.63 Å². The van der Waals surface area contributed by atoms with Gasteiger partial charge in [-0.15, -0.1) is 0 Å². The zero-order valence-corrected chi connectivity index (χ0v) is 14.8. The topological polar surface area (TPSA) is 143 Å². The molecule has 0 unspecified atom stereocenters. The molecule has 0 fully saturated rings. The Hall–Kier alpha value is -4.02. The molecule has 11 heteroatoms. The van der Waals surface area contributed by atoms with Crippen LogP contribution < -0.4 is 10.2 Å². The molecule has 28 heavy (non-hydrogen) atoms. The number of benzene rings is 1. The fraction of sp³-hybridized carbons (Fsp3) is 0.176. The van der Waals surface area contributed by atoms with Gasteiger partial charge in [-0.3, -0.25) is 9.59 Å². The van der Waals surface area contributed by atoms with Crippen molar-refractivity contribution in [3.8, 4) is 11.4 Å². The van der Waals surface area contributed by atoms with Gasteiger partial charge in [0.15, 0.2) is 0 Å². The van der Waals surface area contributed by atoms with Crippen molar-refractivity contribution in [1.29, 1.82) is 0 Å². The molecule has 0 saturated heterocycles. The zero-order chi connectivity index (χ0) is 20.1. The Bertz CT molecular complexity index is 1010. The first-order valence-electron chi connectivity index (χ1n) is 8.17. The lowest BCUT2D eigenvalue weighted by Crippen LogP contribution is -2.26. The Morgan fingerprint density at radius 2 is 2.21 bits per heavy atom. The summed E-state index contributed by atoms with van der Waals surface area (Å²) in [5.74, 6) is 0.440. The van der Waals surface area contributed by atoms with Crippen LogP contribution in [0.1, 0.15) is 12.3 Å². The van der Waals surface area contributed by atoms with Gasteiger partial charge in [0.25, 0.3) is 0 Å². The SMILES string of the molecule is Cc1nc(-c2cccc(N(C=O)CCC(=O)Nc3cnn(C(=O)O)c3)c2)no1. The second-order valence-corrected chi connectivity index (χ2v) is 5.74. The Labute approximate surface area is 158 Å². The van der Waals surface area contributed by atoms with Crippen LogP contribution in [0, 0.1) is 6.92 Å². The minimum Gasteiger partial charge on any atom is -0.463 e. The van der Waals surface area contributed by atoms with Crippen LogP contribution in [-0.2, 0) is 9.59 Å². The molecule has 2 heterocycles. The van der Waals surface area contributed by atoms with Gasteiger partial charge in [-0.05, 0) is 12.1 Å². The van der Waals surface area contributed by atoms with Gasteiger partial charge in [0.1, 0.15) is 0 Å². The molecule has 2 amide bonds. The Morgan fingerprint density at radius 3 is 2.86 bits per heavy atom. The molecule has 2 N–H and O–H groups in total. The summed E-state index contributed by atoms with van der Waals surface area (Å²) >= 11 is 0. The third-order valence-corrected chi connectivity index (χ3v) is 3.73. The number of carboxylic acid groups (broad SMARTS) is 1. The average Bonchev–Trinajstić information content (AvgIpc) is 3.32. The van der Waals surface area contributed by atoms with Gasteiger partial charge in [-0.1, -0.05) is 17.3 Å². The highest BCUT2D eigenvalue weighted by Crippen LogP contribution is 2.22. The van der Waals surface area contributed by atoms with E-state index in [0.717, 1.165) is 0 Å². The second-order valence-electron chi connectivity index (χ2n) is 5.74. The van der Waals surface area contributed by atoms with Crippen molar-refractivity contribution in [2.45, 2.75) is 13.3 Å². The molecule has 0 radical (unpaired) electrons. The van der Waals surface area contributed by atoms with Crippen molar-refractivity contribution in [2.75, 3.05) is 16.8 Å². The number of aromatic nitrogens is 4. The fourth-order valence-corrected chi connectivity index (χ4v) is 2.42. The molecule has 0 aliphatic heterocycles. The first-order valence-corrected chi connectivity index (χ1v) is 8.17. The highest BCUT2D eigenvalue weighted by atomic mass is 16.5. The number of amides is 2. The smallest absolute Gasteiger partial charge is 0.432 e. The molecule has 0 aliphatic rings. The molecular formula is C17H16N6O5. The molecule has 2 aromatic heterocycles. The molecule has 0 bridgehead atoms. The summed E-state index contributed by atoms with van der Waals surface area (Å²) in [7, 11) is 0. The van der Waals surface area contributed by atoms with Crippen LogP contribution in [0.15, 0.2) is 41.2 Å². The van der Waals surface area contributed by atoms with E-state index in [2.05, 4.69) is 20.6 Å². The summed E-state index contributed by atoms with van der Waals surface area (Å²) in [4.78, 5) is 39.8. The molecule has 0 atom stereocenters. The number of nitrogens with zero attached hydrogens (tertiary/aromatic N) is 5. The largest absolute Gasteiger partial charge is 0.463 e. The maximum absolute atomic E-state index is 12.1. The van der Waals surface area contributed by atoms with Crippen molar-refractivity contribution in [1.82, 2.24) is 19.9 Å². The molecule has 11 nitrogen and oxygen atoms in total. The van der Waals surface area contributed by atoms with Crippen molar-refractivity contribution < 1.29 is 24.0 Å². The monoisotopic (exact) mass is 384 g/mol. The van der Waals surface area contributed by atoms with E-state index in [1.807, 2.05) is 0 Å². The molecule has 1 aromatic carbocycles. The number of anilines is 2. The van der Waals surface area contributed by atoms with Gasteiger partial charge in [-0.2, -0.15) is 14.8 Å². The van der Waals surface area contributed by atoms with Crippen molar-refractivity contribution in [3.63, 3.8) is 0 Å². The highest BCUT2D eigenvalue weighted by Gasteiger charge is 2.13. The minimum atomic E-state index is -1.26. The second kappa shape index (κ2) is 8.12. The maximum Gasteiger partial charge on any atom is 0.432 e. The quantitative estimate of drug-likeness (QED) is 0.587. The van der Waals surface area contributed by atoms with E-state index in [-0.39, 0.29) is 24.6 Å². The van der Waals surface area contributed by atoms with Crippen molar-refractivity contribution >= 4 is 29.8 Å². The predicted molar refractivity (Wildman–Crippen MR) is 96.8 cm³/mol. The molecule has 0 aliphatic carbocycles. The van der Waals surface area contributed by atoms with E-state index in [1.165, 1.54) is 17.3 Å². The lowest BCUT2D eigenvalue weighted by atomic mass is 10.1. The lowest BCUT2D eigenvalue weighted by molar-refractivity contribution is -0.116. The van der Waals surface area contributed by atoms with Gasteiger partial charge >= 0.3 is 6.09 Å². The summed E-state index contributed by atoms with van der Waals surface area (Å²) in [6.45, 7) is 1.80. The number of nitrogens with one attached hydrogen (secondary N) is 1. The molecule has 144 valence electrons. The molecule has 0 saturated carbocycles. The van der Waals surface area contributed by atoms with Crippen LogP contribution in [0.4, 0.5) is 16.2 Å². The normalized spacial score (nSPS) is 10.5. The molecule has 0 spiro atoms. The number of carbonyl (C=O) groups excluding carboxylic acids is 2. The van der Waals surface area contributed by atoms with Crippen LogP contribution in [-0.4, -0.2) is 50.0 Å². The van der Waals surface area contributed by atoms with Gasteiger partial charge in [0.2, 0.25) is 24.0 Å². The summed E-state index contributed by atoms with van der Waals surface area (Å²) in [5, 5.41) is 18.8. The lowest BCUT2D eigenvalue weighted by Gasteiger charge is -2.17. The Morgan fingerprint density at radius 1 is 1.39 bits per heavy atom. The van der Waals surface area contributed by atoms with Crippen LogP contribution in [0.3, 0.4) is 0 Å². The van der Waals surface area contributed by atoms with Crippen LogP contribution in [0.2, 0.25) is 0 Å². The van der Waals surface area contributed by atoms with E-state index in [1.54, 1.807) is 31.2 Å². The summed E-state index contributed by atoms with van der Waals surface area (Å²) in [5.41, 5.74) is 1.49. The third-order valence-electron chi connectivity index (χ3n) is 3.73. The predicted octanol–water partition coefficient (Wildman–Crippen LogP) is 1.76. The first-order chi connectivity index (χ1) is 13.5. The number of rotatable bonds is 7. The van der Waals surface area contributed by atoms with E-state index >= 15 is 0 Å². The van der Waals surface area contributed by atoms with Crippen molar-refractivity contribution in [2.24, 2.45) is 0 Å². The van der Waals surface area contributed by atoms with Gasteiger partial charge in [0, 0.05) is 31.1 Å². The number of hydrogen-bond acceptors (Lipinski definition) is 7. The van der Waals surface area contributed by atoms with Crippen LogP contribution in [0.25, 0.3) is 11.4 Å². The van der Waals surface area contributed by atoms with E-state index in [0.29, 0.717) is 34.1 Å². The van der Waals surface area contributed by atoms with Crippen LogP contribution in [0.5, 0.6) is 0 Å².